The molecule has 1 saturated heterocycles. The predicted molar refractivity (Wildman–Crippen MR) is 111 cm³/mol. The SMILES string of the molecule is O=C(CCCOc1ccccc1)N1CCCN(C(=O)COc2ccccc2)CC1. The number of para-hydroxylation sites is 2. The Morgan fingerprint density at radius 2 is 1.28 bits per heavy atom. The van der Waals surface area contributed by atoms with Gasteiger partial charge in [-0.05, 0) is 37.1 Å². The Bertz CT molecular complexity index is 767. The summed E-state index contributed by atoms with van der Waals surface area (Å²) in [6.45, 7) is 2.98. The molecule has 29 heavy (non-hydrogen) atoms. The van der Waals surface area contributed by atoms with Crippen LogP contribution in [0, 0.1) is 0 Å². The van der Waals surface area contributed by atoms with Gasteiger partial charge in [0.2, 0.25) is 5.91 Å². The van der Waals surface area contributed by atoms with Crippen LogP contribution in [0.5, 0.6) is 11.5 Å². The van der Waals surface area contributed by atoms with E-state index < -0.39 is 0 Å². The van der Waals surface area contributed by atoms with Gasteiger partial charge in [0.15, 0.2) is 6.61 Å². The fraction of sp³-hybridized carbons (Fsp3) is 0.391. The van der Waals surface area contributed by atoms with Gasteiger partial charge in [-0.15, -0.1) is 0 Å². The van der Waals surface area contributed by atoms with Crippen molar-refractivity contribution in [3.05, 3.63) is 60.7 Å². The highest BCUT2D eigenvalue weighted by Gasteiger charge is 2.22. The normalized spacial score (nSPS) is 14.2. The molecule has 0 saturated carbocycles. The predicted octanol–water partition coefficient (Wildman–Crippen LogP) is 2.99. The largest absolute Gasteiger partial charge is 0.494 e. The lowest BCUT2D eigenvalue weighted by Crippen LogP contribution is -2.39. The van der Waals surface area contributed by atoms with Crippen molar-refractivity contribution in [1.82, 2.24) is 9.80 Å². The second kappa shape index (κ2) is 11.1. The number of carbonyl (C=O) groups is 2. The topological polar surface area (TPSA) is 59.1 Å². The van der Waals surface area contributed by atoms with Gasteiger partial charge in [-0.3, -0.25) is 9.59 Å². The molecule has 0 unspecified atom stereocenters. The van der Waals surface area contributed by atoms with Crippen LogP contribution in [0.15, 0.2) is 60.7 Å². The number of ether oxygens (including phenoxy) is 2. The first-order valence-electron chi connectivity index (χ1n) is 10.1. The summed E-state index contributed by atoms with van der Waals surface area (Å²) in [6.07, 6.45) is 1.92. The van der Waals surface area contributed by atoms with Crippen molar-refractivity contribution >= 4 is 11.8 Å². The molecule has 0 atom stereocenters. The summed E-state index contributed by atoms with van der Waals surface area (Å²) in [6, 6.07) is 18.9. The molecule has 0 radical (unpaired) electrons. The summed E-state index contributed by atoms with van der Waals surface area (Å²) in [5.41, 5.74) is 0. The Morgan fingerprint density at radius 3 is 1.90 bits per heavy atom. The van der Waals surface area contributed by atoms with Crippen LogP contribution in [0.2, 0.25) is 0 Å². The van der Waals surface area contributed by atoms with Crippen LogP contribution < -0.4 is 9.47 Å². The minimum absolute atomic E-state index is 0.0226. The summed E-state index contributed by atoms with van der Waals surface area (Å²) in [7, 11) is 0. The minimum atomic E-state index is -0.0422. The average Bonchev–Trinajstić information content (AvgIpc) is 3.03. The molecule has 1 heterocycles. The van der Waals surface area contributed by atoms with E-state index in [4.69, 9.17) is 9.47 Å². The molecule has 154 valence electrons. The van der Waals surface area contributed by atoms with Gasteiger partial charge in [0.05, 0.1) is 6.61 Å². The van der Waals surface area contributed by atoms with E-state index in [1.165, 1.54) is 0 Å². The maximum Gasteiger partial charge on any atom is 0.260 e. The van der Waals surface area contributed by atoms with Gasteiger partial charge in [-0.25, -0.2) is 0 Å². The summed E-state index contributed by atoms with van der Waals surface area (Å²) < 4.78 is 11.2. The highest BCUT2D eigenvalue weighted by Crippen LogP contribution is 2.11. The zero-order chi connectivity index (χ0) is 20.3. The molecule has 3 rings (SSSR count). The molecule has 1 aliphatic heterocycles. The molecule has 1 fully saturated rings. The lowest BCUT2D eigenvalue weighted by Gasteiger charge is -2.22. The van der Waals surface area contributed by atoms with Gasteiger partial charge in [-0.1, -0.05) is 36.4 Å². The van der Waals surface area contributed by atoms with Crippen LogP contribution in [-0.2, 0) is 9.59 Å². The van der Waals surface area contributed by atoms with Crippen molar-refractivity contribution in [1.29, 1.82) is 0 Å². The molecule has 2 amide bonds. The van der Waals surface area contributed by atoms with Gasteiger partial charge in [0.25, 0.3) is 5.91 Å². The van der Waals surface area contributed by atoms with Crippen molar-refractivity contribution in [2.24, 2.45) is 0 Å². The monoisotopic (exact) mass is 396 g/mol. The first kappa shape index (κ1) is 20.7. The fourth-order valence-corrected chi connectivity index (χ4v) is 3.26. The van der Waals surface area contributed by atoms with Crippen LogP contribution in [0.4, 0.5) is 0 Å². The first-order valence-corrected chi connectivity index (χ1v) is 10.1. The Hall–Kier alpha value is -3.02. The molecule has 2 aromatic rings. The van der Waals surface area contributed by atoms with E-state index in [1.54, 1.807) is 4.90 Å². The van der Waals surface area contributed by atoms with Crippen LogP contribution in [-0.4, -0.2) is 61.0 Å². The van der Waals surface area contributed by atoms with Gasteiger partial charge in [0.1, 0.15) is 11.5 Å². The van der Waals surface area contributed by atoms with E-state index in [1.807, 2.05) is 65.6 Å². The van der Waals surface area contributed by atoms with Crippen LogP contribution >= 0.6 is 0 Å². The van der Waals surface area contributed by atoms with Crippen LogP contribution in [0.1, 0.15) is 19.3 Å². The van der Waals surface area contributed by atoms with E-state index in [0.29, 0.717) is 51.4 Å². The molecule has 6 nitrogen and oxygen atoms in total. The summed E-state index contributed by atoms with van der Waals surface area (Å²) in [4.78, 5) is 28.6. The van der Waals surface area contributed by atoms with Gasteiger partial charge in [-0.2, -0.15) is 0 Å². The van der Waals surface area contributed by atoms with Gasteiger partial charge in [0, 0.05) is 32.6 Å². The smallest absolute Gasteiger partial charge is 0.260 e. The third-order valence-electron chi connectivity index (χ3n) is 4.85. The lowest BCUT2D eigenvalue weighted by molar-refractivity contribution is -0.134. The van der Waals surface area contributed by atoms with Gasteiger partial charge < -0.3 is 19.3 Å². The Kier molecular flexibility index (Phi) is 7.92. The van der Waals surface area contributed by atoms with Gasteiger partial charge >= 0.3 is 0 Å². The second-order valence-electron chi connectivity index (χ2n) is 6.98. The number of benzene rings is 2. The zero-order valence-corrected chi connectivity index (χ0v) is 16.7. The van der Waals surface area contributed by atoms with Crippen molar-refractivity contribution in [3.63, 3.8) is 0 Å². The zero-order valence-electron chi connectivity index (χ0n) is 16.7. The molecular formula is C23H28N2O4. The summed E-state index contributed by atoms with van der Waals surface area (Å²) in [5, 5.41) is 0. The number of hydrogen-bond donors (Lipinski definition) is 0. The number of nitrogens with zero attached hydrogens (tertiary/aromatic N) is 2. The van der Waals surface area contributed by atoms with E-state index in [-0.39, 0.29) is 18.4 Å². The Morgan fingerprint density at radius 1 is 0.724 bits per heavy atom. The van der Waals surface area contributed by atoms with E-state index in [9.17, 15) is 9.59 Å². The van der Waals surface area contributed by atoms with Crippen LogP contribution in [0.25, 0.3) is 0 Å². The van der Waals surface area contributed by atoms with Crippen molar-refractivity contribution in [2.45, 2.75) is 19.3 Å². The summed E-state index contributed by atoms with van der Waals surface area (Å²) >= 11 is 0. The van der Waals surface area contributed by atoms with E-state index in [2.05, 4.69) is 0 Å². The molecule has 2 aromatic carbocycles. The molecule has 1 aliphatic rings. The first-order chi connectivity index (χ1) is 14.2. The minimum Gasteiger partial charge on any atom is -0.494 e. The fourth-order valence-electron chi connectivity index (χ4n) is 3.26. The third-order valence-corrected chi connectivity index (χ3v) is 4.85. The molecular weight excluding hydrogens is 368 g/mol. The number of rotatable bonds is 8. The van der Waals surface area contributed by atoms with Crippen molar-refractivity contribution < 1.29 is 19.1 Å². The number of carbonyl (C=O) groups excluding carboxylic acids is 2. The van der Waals surface area contributed by atoms with Crippen molar-refractivity contribution in [3.8, 4) is 11.5 Å². The quantitative estimate of drug-likeness (QED) is 0.644. The molecule has 0 aliphatic carbocycles. The maximum absolute atomic E-state index is 12.5. The van der Waals surface area contributed by atoms with Crippen molar-refractivity contribution in [2.75, 3.05) is 39.4 Å². The molecule has 0 bridgehead atoms. The number of amides is 2. The standard InChI is InChI=1S/C23H28N2O4/c26-22(13-7-18-28-20-9-3-1-4-10-20)24-14-8-15-25(17-16-24)23(27)19-29-21-11-5-2-6-12-21/h1-6,9-12H,7-8,13-19H2. The van der Waals surface area contributed by atoms with E-state index >= 15 is 0 Å². The third kappa shape index (κ3) is 6.82. The molecule has 0 aromatic heterocycles. The van der Waals surface area contributed by atoms with Crippen LogP contribution in [0.3, 0.4) is 0 Å². The molecule has 6 heteroatoms. The Labute approximate surface area is 172 Å². The number of hydrogen-bond acceptors (Lipinski definition) is 4. The lowest BCUT2D eigenvalue weighted by atomic mass is 10.2. The maximum atomic E-state index is 12.5. The molecule has 0 N–H and O–H groups in total. The second-order valence-corrected chi connectivity index (χ2v) is 6.98. The average molecular weight is 396 g/mol. The Balaban J connectivity index is 1.36. The highest BCUT2D eigenvalue weighted by atomic mass is 16.5. The highest BCUT2D eigenvalue weighted by molar-refractivity contribution is 5.78. The summed E-state index contributed by atoms with van der Waals surface area (Å²) in [5.74, 6) is 1.59. The molecule has 0 spiro atoms. The van der Waals surface area contributed by atoms with E-state index in [0.717, 1.165) is 12.2 Å².